The van der Waals surface area contributed by atoms with E-state index in [1.165, 1.54) is 19.2 Å². The lowest BCUT2D eigenvalue weighted by Gasteiger charge is -2.31. The molecule has 0 aliphatic carbocycles. The lowest BCUT2D eigenvalue weighted by molar-refractivity contribution is -0.122. The third-order valence-corrected chi connectivity index (χ3v) is 8.26. The number of β-amino-alcohol motifs (C(OH)–C–C–N with tert-alkyl or cyclic N) is 1. The van der Waals surface area contributed by atoms with Crippen molar-refractivity contribution < 1.29 is 32.6 Å². The number of likely N-dealkylation sites (N-methyl/N-ethyl adjacent to an activating group) is 1. The number of aliphatic hydroxyl groups is 1. The number of nitrogens with zero attached hydrogens (tertiary/aromatic N) is 1. The Morgan fingerprint density at radius 3 is 2.70 bits per heavy atom. The summed E-state index contributed by atoms with van der Waals surface area (Å²) in [5.41, 5.74) is 6.60. The van der Waals surface area contributed by atoms with Gasteiger partial charge in [-0.3, -0.25) is 14.4 Å². The summed E-state index contributed by atoms with van der Waals surface area (Å²) in [4.78, 5) is 38.6. The second-order valence-corrected chi connectivity index (χ2v) is 11.2. The first-order valence-electron chi connectivity index (χ1n) is 11.9. The number of sulfone groups is 1. The predicted octanol–water partition coefficient (Wildman–Crippen LogP) is -0.0435. The minimum atomic E-state index is -3.78. The Bertz CT molecular complexity index is 1310. The first-order chi connectivity index (χ1) is 17.6. The van der Waals surface area contributed by atoms with Crippen molar-refractivity contribution in [3.05, 3.63) is 53.6 Å². The summed E-state index contributed by atoms with van der Waals surface area (Å²) >= 11 is 0. The van der Waals surface area contributed by atoms with E-state index in [-0.39, 0.29) is 23.1 Å². The topological polar surface area (TPSA) is 168 Å². The molecule has 11 nitrogen and oxygen atoms in total. The number of ether oxygens (including phenoxy) is 1. The van der Waals surface area contributed by atoms with Crippen LogP contribution in [0.25, 0.3) is 0 Å². The Labute approximate surface area is 214 Å². The molecule has 1 unspecified atom stereocenters. The van der Waals surface area contributed by atoms with Crippen molar-refractivity contribution in [2.24, 2.45) is 5.73 Å². The number of amides is 3. The summed E-state index contributed by atoms with van der Waals surface area (Å²) in [6.45, 7) is 1.21. The van der Waals surface area contributed by atoms with Gasteiger partial charge in [-0.1, -0.05) is 18.2 Å². The van der Waals surface area contributed by atoms with Crippen LogP contribution in [0.1, 0.15) is 29.4 Å². The number of nitrogens with two attached hydrogens (primary N) is 1. The van der Waals surface area contributed by atoms with Gasteiger partial charge in [0, 0.05) is 32.6 Å². The summed E-state index contributed by atoms with van der Waals surface area (Å²) in [6, 6.07) is 11.5. The molecule has 5 N–H and O–H groups in total. The minimum Gasteiger partial charge on any atom is -0.484 e. The summed E-state index contributed by atoms with van der Waals surface area (Å²) < 4.78 is 30.5. The Morgan fingerprint density at radius 1 is 1.24 bits per heavy atom. The molecule has 2 heterocycles. The molecule has 1 fully saturated rings. The number of carbonyl (C=O) groups is 3. The number of fused-ring (bicyclic) bond motifs is 1. The summed E-state index contributed by atoms with van der Waals surface area (Å²) in [6.07, 6.45) is 0.149. The number of benzene rings is 2. The Hall–Kier alpha value is -3.48. The summed E-state index contributed by atoms with van der Waals surface area (Å²) in [5.74, 6) is -3.01. The number of nitrogens with one attached hydrogen (secondary N) is 2. The highest BCUT2D eigenvalue weighted by atomic mass is 32.2. The maximum Gasteiger partial charge on any atom is 0.255 e. The second-order valence-electron chi connectivity index (χ2n) is 9.29. The van der Waals surface area contributed by atoms with Crippen LogP contribution in [-0.4, -0.2) is 81.3 Å². The first-order valence-corrected chi connectivity index (χ1v) is 13.5. The molecule has 0 aromatic heterocycles. The average Bonchev–Trinajstić information content (AvgIpc) is 3.26. The lowest BCUT2D eigenvalue weighted by Crippen LogP contribution is -2.37. The van der Waals surface area contributed by atoms with Crippen LogP contribution < -0.4 is 21.1 Å². The van der Waals surface area contributed by atoms with Crippen LogP contribution in [0, 0.1) is 0 Å². The van der Waals surface area contributed by atoms with Crippen LogP contribution in [0.2, 0.25) is 0 Å². The third kappa shape index (κ3) is 6.09. The van der Waals surface area contributed by atoms with Gasteiger partial charge in [-0.25, -0.2) is 8.42 Å². The van der Waals surface area contributed by atoms with E-state index in [1.807, 2.05) is 6.07 Å². The number of hydrogen-bond donors (Lipinski definition) is 4. The van der Waals surface area contributed by atoms with E-state index in [0.717, 1.165) is 5.56 Å². The van der Waals surface area contributed by atoms with Gasteiger partial charge >= 0.3 is 0 Å². The minimum absolute atomic E-state index is 0.00701. The van der Waals surface area contributed by atoms with E-state index < -0.39 is 45.3 Å². The number of aliphatic hydroxyl groups excluding tert-OH is 1. The summed E-state index contributed by atoms with van der Waals surface area (Å²) in [7, 11) is -2.26. The number of likely N-dealkylation sites (tertiary alicyclic amines) is 1. The van der Waals surface area contributed by atoms with Gasteiger partial charge in [-0.05, 0) is 41.8 Å². The number of anilines is 1. The molecule has 2 aliphatic heterocycles. The fraction of sp³-hybridized carbons (Fsp3) is 0.400. The fourth-order valence-corrected chi connectivity index (χ4v) is 6.21. The van der Waals surface area contributed by atoms with Gasteiger partial charge in [0.15, 0.2) is 16.4 Å². The van der Waals surface area contributed by atoms with Crippen molar-refractivity contribution in [1.82, 2.24) is 10.2 Å². The van der Waals surface area contributed by atoms with Crippen molar-refractivity contribution in [3.8, 4) is 5.75 Å². The Kier molecular flexibility index (Phi) is 7.81. The molecule has 2 aliphatic rings. The number of primary amides is 1. The van der Waals surface area contributed by atoms with Crippen LogP contribution in [0.15, 0.2) is 47.4 Å². The van der Waals surface area contributed by atoms with E-state index in [1.54, 1.807) is 24.3 Å². The molecule has 3 atom stereocenters. The van der Waals surface area contributed by atoms with E-state index >= 15 is 0 Å². The molecule has 3 amide bonds. The van der Waals surface area contributed by atoms with Crippen molar-refractivity contribution >= 4 is 33.2 Å². The molecule has 0 saturated carbocycles. The number of carbonyl (C=O) groups excluding carboxylic acids is 3. The Morgan fingerprint density at radius 2 is 2.03 bits per heavy atom. The highest BCUT2D eigenvalue weighted by Crippen LogP contribution is 2.39. The maximum atomic E-state index is 13.3. The van der Waals surface area contributed by atoms with Gasteiger partial charge in [0.2, 0.25) is 11.8 Å². The highest BCUT2D eigenvalue weighted by molar-refractivity contribution is 7.92. The molecule has 0 radical (unpaired) electrons. The van der Waals surface area contributed by atoms with Crippen LogP contribution in [-0.2, 0) is 24.2 Å². The zero-order valence-corrected chi connectivity index (χ0v) is 21.2. The largest absolute Gasteiger partial charge is 0.484 e. The molecule has 4 rings (SSSR count). The molecule has 0 bridgehead atoms. The van der Waals surface area contributed by atoms with Gasteiger partial charge < -0.3 is 31.1 Å². The van der Waals surface area contributed by atoms with Crippen LogP contribution in [0.3, 0.4) is 0 Å². The molecule has 2 aromatic carbocycles. The first kappa shape index (κ1) is 26.6. The maximum absolute atomic E-state index is 13.3. The number of rotatable bonds is 9. The standard InChI is InChI=1S/C25H30N4O7S/c1-27-25(33)24(16-5-6-21-20(10-16)28-23(32)14-37(21,34)35)19(12-29-8-7-17(30)11-29)15-3-2-4-18(9-15)36-13-22(26)31/h2-6,9-10,17,19,24,30H,7-8,11-14H2,1H3,(H2,26,31)(H,27,33)(H,28,32)/t17-,19+,24?/m0/s1. The molecule has 1 saturated heterocycles. The van der Waals surface area contributed by atoms with Gasteiger partial charge in [0.05, 0.1) is 22.6 Å². The van der Waals surface area contributed by atoms with Gasteiger partial charge in [-0.15, -0.1) is 0 Å². The lowest BCUT2D eigenvalue weighted by atomic mass is 9.80. The van der Waals surface area contributed by atoms with Crippen LogP contribution >= 0.6 is 0 Å². The predicted molar refractivity (Wildman–Crippen MR) is 135 cm³/mol. The van der Waals surface area contributed by atoms with Crippen molar-refractivity contribution in [2.75, 3.05) is 44.4 Å². The zero-order chi connectivity index (χ0) is 26.7. The molecule has 12 heteroatoms. The Balaban J connectivity index is 1.78. The van der Waals surface area contributed by atoms with E-state index in [0.29, 0.717) is 37.4 Å². The van der Waals surface area contributed by atoms with Crippen LogP contribution in [0.4, 0.5) is 5.69 Å². The van der Waals surface area contributed by atoms with E-state index in [9.17, 15) is 27.9 Å². The van der Waals surface area contributed by atoms with E-state index in [2.05, 4.69) is 15.5 Å². The molecule has 0 spiro atoms. The van der Waals surface area contributed by atoms with Crippen molar-refractivity contribution in [3.63, 3.8) is 0 Å². The average molecular weight is 531 g/mol. The van der Waals surface area contributed by atoms with Crippen LogP contribution in [0.5, 0.6) is 5.75 Å². The summed E-state index contributed by atoms with van der Waals surface area (Å²) in [5, 5.41) is 15.4. The molecular weight excluding hydrogens is 500 g/mol. The fourth-order valence-electron chi connectivity index (χ4n) is 4.92. The smallest absolute Gasteiger partial charge is 0.255 e. The molecular formula is C25H30N4O7S. The molecule has 2 aromatic rings. The van der Waals surface area contributed by atoms with Crippen molar-refractivity contribution in [2.45, 2.75) is 29.3 Å². The van der Waals surface area contributed by atoms with Gasteiger partial charge in [-0.2, -0.15) is 0 Å². The SMILES string of the molecule is CNC(=O)C(c1ccc2c(c1)NC(=O)CS2(=O)=O)[C@H](CN1CC[C@H](O)C1)c1cccc(OCC(N)=O)c1. The highest BCUT2D eigenvalue weighted by Gasteiger charge is 2.36. The van der Waals surface area contributed by atoms with Crippen molar-refractivity contribution in [1.29, 1.82) is 0 Å². The third-order valence-electron chi connectivity index (χ3n) is 6.59. The molecule has 37 heavy (non-hydrogen) atoms. The number of hydrogen-bond acceptors (Lipinski definition) is 8. The monoisotopic (exact) mass is 530 g/mol. The van der Waals surface area contributed by atoms with E-state index in [4.69, 9.17) is 10.5 Å². The molecule has 198 valence electrons. The normalized spacial score (nSPS) is 20.4. The second kappa shape index (κ2) is 10.9. The zero-order valence-electron chi connectivity index (χ0n) is 20.3. The quantitative estimate of drug-likeness (QED) is 0.350. The van der Waals surface area contributed by atoms with Gasteiger partial charge in [0.25, 0.3) is 5.91 Å². The van der Waals surface area contributed by atoms with Gasteiger partial charge in [0.1, 0.15) is 11.5 Å².